The van der Waals surface area contributed by atoms with Crippen LogP contribution in [0, 0.1) is 5.92 Å². The first kappa shape index (κ1) is 42.4. The van der Waals surface area contributed by atoms with Crippen molar-refractivity contribution in [2.75, 3.05) is 33.5 Å². The van der Waals surface area contributed by atoms with E-state index in [4.69, 9.17) is 28.9 Å². The monoisotopic (exact) mass is 714 g/mol. The average molecular weight is 715 g/mol. The molecule has 0 fully saturated rings. The number of carbonyl (C=O) groups is 2. The van der Waals surface area contributed by atoms with E-state index in [2.05, 4.69) is 5.32 Å². The second-order valence-corrected chi connectivity index (χ2v) is 14.2. The summed E-state index contributed by atoms with van der Waals surface area (Å²) in [6.45, 7) is 6.72. The molecule has 17 heteroatoms. The molecule has 0 aliphatic rings. The number of hydrogen-bond donors (Lipinski definition) is 3. The lowest BCUT2D eigenvalue weighted by Crippen LogP contribution is -2.40. The number of nitrogens with one attached hydrogen (secondary N) is 1. The van der Waals surface area contributed by atoms with Gasteiger partial charge in [-0.25, -0.2) is 0 Å². The van der Waals surface area contributed by atoms with Gasteiger partial charge >= 0.3 is 32.5 Å². The Morgan fingerprint density at radius 2 is 1.06 bits per heavy atom. The third-order valence-electron chi connectivity index (χ3n) is 6.49. The molecule has 1 amide bonds. The largest absolute Gasteiger partial charge is 0.481 e. The predicted octanol–water partition coefficient (Wildman–Crippen LogP) is 6.88. The Balaban J connectivity index is 0.000000470. The fourth-order valence-corrected chi connectivity index (χ4v) is 7.14. The van der Waals surface area contributed by atoms with Crippen LogP contribution < -0.4 is 11.1 Å². The highest BCUT2D eigenvalue weighted by molar-refractivity contribution is 7.55. The van der Waals surface area contributed by atoms with E-state index in [0.717, 1.165) is 24.3 Å². The van der Waals surface area contributed by atoms with Gasteiger partial charge in [0.05, 0.1) is 38.4 Å². The highest BCUT2D eigenvalue weighted by atomic mass is 31.2. The lowest BCUT2D eigenvalue weighted by Gasteiger charge is -2.26. The van der Waals surface area contributed by atoms with Crippen molar-refractivity contribution in [3.05, 3.63) is 70.8 Å². The van der Waals surface area contributed by atoms with E-state index in [1.807, 2.05) is 0 Å². The molecule has 47 heavy (non-hydrogen) atoms. The smallest absolute Gasteiger partial charge is 0.404 e. The van der Waals surface area contributed by atoms with Gasteiger partial charge in [0, 0.05) is 18.2 Å². The summed E-state index contributed by atoms with van der Waals surface area (Å²) in [5.74, 6) is -1.93. The number of likely N-dealkylation sites (N-methyl/N-ethyl adjacent to an activating group) is 1. The Bertz CT molecular complexity index is 1360. The maximum absolute atomic E-state index is 14.6. The Kier molecular flexibility index (Phi) is 16.9. The van der Waals surface area contributed by atoms with Crippen LogP contribution in [0.1, 0.15) is 56.9 Å². The zero-order chi connectivity index (χ0) is 36.1. The molecule has 2 aromatic carbocycles. The van der Waals surface area contributed by atoms with Gasteiger partial charge in [-0.15, -0.1) is 0 Å². The maximum Gasteiger partial charge on any atom is 0.404 e. The van der Waals surface area contributed by atoms with Gasteiger partial charge in [0.25, 0.3) is 0 Å². The summed E-state index contributed by atoms with van der Waals surface area (Å²) in [6.07, 6.45) is 0.413. The number of nitrogens with two attached hydrogens (primary N) is 1. The van der Waals surface area contributed by atoms with Crippen LogP contribution in [-0.4, -0.2) is 56.5 Å². The Labute approximate surface area is 272 Å². The van der Waals surface area contributed by atoms with Crippen LogP contribution in [0.5, 0.6) is 0 Å². The lowest BCUT2D eigenvalue weighted by molar-refractivity contribution is -0.141. The topological polar surface area (TPSA) is 163 Å². The number of halogens is 4. The second-order valence-electron chi connectivity index (χ2n) is 10.0. The molecule has 266 valence electrons. The Morgan fingerprint density at radius 1 is 0.745 bits per heavy atom. The molecular formula is C30H44F4N2O9P2. The Hall–Kier alpha value is -2.64. The van der Waals surface area contributed by atoms with Gasteiger partial charge in [-0.3, -0.25) is 18.7 Å². The summed E-state index contributed by atoms with van der Waals surface area (Å²) in [4.78, 5) is 22.2. The molecule has 0 saturated heterocycles. The van der Waals surface area contributed by atoms with Crippen LogP contribution in [0.2, 0.25) is 0 Å². The second kappa shape index (κ2) is 18.8. The molecule has 0 aliphatic carbocycles. The van der Waals surface area contributed by atoms with Gasteiger partial charge in [0.2, 0.25) is 5.91 Å². The average Bonchev–Trinajstić information content (AvgIpc) is 3.01. The number of amides is 1. The molecule has 0 bridgehead atoms. The van der Waals surface area contributed by atoms with Crippen LogP contribution in [-0.2, 0) is 61.0 Å². The lowest BCUT2D eigenvalue weighted by atomic mass is 10.0. The van der Waals surface area contributed by atoms with E-state index in [-0.39, 0.29) is 45.2 Å². The maximum atomic E-state index is 14.6. The molecule has 0 heterocycles. The molecule has 2 atom stereocenters. The van der Waals surface area contributed by atoms with Crippen LogP contribution in [0.3, 0.4) is 0 Å². The summed E-state index contributed by atoms with van der Waals surface area (Å²) in [6, 6.07) is 9.34. The predicted molar refractivity (Wildman–Crippen MR) is 169 cm³/mol. The summed E-state index contributed by atoms with van der Waals surface area (Å²) < 4.78 is 102. The summed E-state index contributed by atoms with van der Waals surface area (Å²) in [5, 5.41) is 11.3. The SMILES string of the molecule is CCOP(=O)(OCC)C(F)(F)c1ccc(C[C@H](C)C(=O)O)cc1.CCOP(=O)(OCC)C(F)(F)c1ccc(C[C@H](N)C(=O)NC)cc1. The van der Waals surface area contributed by atoms with E-state index in [0.29, 0.717) is 11.1 Å². The molecule has 11 nitrogen and oxygen atoms in total. The number of hydrogen-bond acceptors (Lipinski definition) is 9. The number of aliphatic carboxylic acids is 1. The molecular weight excluding hydrogens is 670 g/mol. The molecule has 4 N–H and O–H groups in total. The molecule has 2 aromatic rings. The molecule has 0 spiro atoms. The van der Waals surface area contributed by atoms with Gasteiger partial charge < -0.3 is 34.3 Å². The van der Waals surface area contributed by atoms with E-state index in [9.17, 15) is 36.3 Å². The minimum absolute atomic E-state index is 0.161. The number of carbonyl (C=O) groups excluding carboxylic acids is 1. The third kappa shape index (κ3) is 11.2. The highest BCUT2D eigenvalue weighted by Gasteiger charge is 2.55. The van der Waals surface area contributed by atoms with Gasteiger partial charge in [0.15, 0.2) is 0 Å². The normalized spacial score (nSPS) is 13.7. The number of carboxylic acids is 1. The minimum atomic E-state index is -4.63. The van der Waals surface area contributed by atoms with Crippen molar-refractivity contribution in [3.63, 3.8) is 0 Å². The van der Waals surface area contributed by atoms with E-state index < -0.39 is 55.6 Å². The zero-order valence-electron chi connectivity index (χ0n) is 27.2. The highest BCUT2D eigenvalue weighted by Crippen LogP contribution is 2.67. The number of carboxylic acid groups (broad SMARTS) is 1. The van der Waals surface area contributed by atoms with Gasteiger partial charge in [-0.2, -0.15) is 17.6 Å². The molecule has 0 aromatic heterocycles. The van der Waals surface area contributed by atoms with Crippen molar-refractivity contribution < 1.29 is 59.5 Å². The van der Waals surface area contributed by atoms with E-state index in [1.54, 1.807) is 0 Å². The van der Waals surface area contributed by atoms with Crippen molar-refractivity contribution in [1.82, 2.24) is 5.32 Å². The molecule has 0 aliphatic heterocycles. The fourth-order valence-electron chi connectivity index (χ4n) is 4.05. The van der Waals surface area contributed by atoms with Crippen LogP contribution in [0.4, 0.5) is 17.6 Å². The summed E-state index contributed by atoms with van der Waals surface area (Å²) >= 11 is 0. The van der Waals surface area contributed by atoms with E-state index >= 15 is 0 Å². The zero-order valence-corrected chi connectivity index (χ0v) is 29.0. The van der Waals surface area contributed by atoms with Crippen molar-refractivity contribution in [2.24, 2.45) is 11.7 Å². The first-order valence-corrected chi connectivity index (χ1v) is 17.9. The standard InChI is InChI=1S/C15H23F2N2O4P.C15H21F2O5P/c1-4-22-24(21,23-5-2)15(16,17)12-8-6-11(7-9-12)10-13(18)14(20)19-3;1-4-21-23(20,22-5-2)15(16,17)13-8-6-12(7-9-13)10-11(3)14(18)19/h6-9,13H,4-5,10,18H2,1-3H3,(H,19,20);6-9,11H,4-5,10H2,1-3H3,(H,18,19)/t13-;11-/m00/s1. The first-order valence-electron chi connectivity index (χ1n) is 14.8. The summed E-state index contributed by atoms with van der Waals surface area (Å²) in [7, 11) is -7.80. The van der Waals surface area contributed by atoms with Crippen LogP contribution in [0.25, 0.3) is 0 Å². The van der Waals surface area contributed by atoms with E-state index in [1.165, 1.54) is 65.9 Å². The molecule has 0 saturated carbocycles. The fraction of sp³-hybridized carbons (Fsp3) is 0.533. The number of benzene rings is 2. The Morgan fingerprint density at radius 3 is 1.34 bits per heavy atom. The third-order valence-corrected chi connectivity index (χ3v) is 10.8. The minimum Gasteiger partial charge on any atom is -0.481 e. The van der Waals surface area contributed by atoms with Crippen LogP contribution >= 0.6 is 15.2 Å². The van der Waals surface area contributed by atoms with Crippen molar-refractivity contribution in [3.8, 4) is 0 Å². The first-order chi connectivity index (χ1) is 21.9. The van der Waals surface area contributed by atoms with Gasteiger partial charge in [0.1, 0.15) is 0 Å². The molecule has 0 radical (unpaired) electrons. The van der Waals surface area contributed by atoms with Crippen molar-refractivity contribution in [1.29, 1.82) is 0 Å². The van der Waals surface area contributed by atoms with Gasteiger partial charge in [-0.1, -0.05) is 55.5 Å². The summed E-state index contributed by atoms with van der Waals surface area (Å²) in [5.41, 5.74) is -1.64. The molecule has 0 unspecified atom stereocenters. The molecule has 2 rings (SSSR count). The number of rotatable bonds is 18. The van der Waals surface area contributed by atoms with Crippen molar-refractivity contribution in [2.45, 2.75) is 64.8 Å². The quantitative estimate of drug-likeness (QED) is 0.110. The van der Waals surface area contributed by atoms with Crippen molar-refractivity contribution >= 4 is 27.1 Å². The van der Waals surface area contributed by atoms with Gasteiger partial charge in [-0.05, 0) is 51.7 Å². The van der Waals surface area contributed by atoms with Crippen LogP contribution in [0.15, 0.2) is 48.5 Å². The number of alkyl halides is 4.